The molecule has 0 bridgehead atoms. The quantitative estimate of drug-likeness (QED) is 0.899. The van der Waals surface area contributed by atoms with Crippen LogP contribution < -0.4 is 5.32 Å². The molecule has 23 heavy (non-hydrogen) atoms. The molecule has 1 N–H and O–H groups in total. The highest BCUT2D eigenvalue weighted by Gasteiger charge is 2.48. The lowest BCUT2D eigenvalue weighted by Gasteiger charge is -2.40. The highest BCUT2D eigenvalue weighted by molar-refractivity contribution is 5.79. The fourth-order valence-electron chi connectivity index (χ4n) is 2.83. The standard InChI is InChI=1S/C14H19F3N4O2/c1-9(22)19-11-3-4-12(14(15,16)17)21(8-11)13(23)5-10-6-18-20(2)7-10/h6-7,11-12H,3-5,8H2,1-2H3,(H,19,22)/t11-,12-/m1/s1. The van der Waals surface area contributed by atoms with E-state index in [1.807, 2.05) is 0 Å². The average Bonchev–Trinajstić information content (AvgIpc) is 2.82. The zero-order valence-electron chi connectivity index (χ0n) is 12.9. The minimum absolute atomic E-state index is 0.136. The maximum atomic E-state index is 13.2. The predicted octanol–water partition coefficient (Wildman–Crippen LogP) is 1.02. The van der Waals surface area contributed by atoms with Gasteiger partial charge in [0.05, 0.1) is 12.6 Å². The molecule has 1 aliphatic heterocycles. The third kappa shape index (κ3) is 4.46. The molecular formula is C14H19F3N4O2. The molecule has 1 fully saturated rings. The van der Waals surface area contributed by atoms with Crippen LogP contribution in [0.15, 0.2) is 12.4 Å². The summed E-state index contributed by atoms with van der Waals surface area (Å²) >= 11 is 0. The topological polar surface area (TPSA) is 67.2 Å². The van der Waals surface area contributed by atoms with E-state index in [4.69, 9.17) is 0 Å². The number of carbonyl (C=O) groups excluding carboxylic acids is 2. The van der Waals surface area contributed by atoms with Crippen molar-refractivity contribution in [2.75, 3.05) is 6.54 Å². The maximum Gasteiger partial charge on any atom is 0.408 e. The molecular weight excluding hydrogens is 313 g/mol. The van der Waals surface area contributed by atoms with Gasteiger partial charge < -0.3 is 10.2 Å². The van der Waals surface area contributed by atoms with Crippen LogP contribution in [0.3, 0.4) is 0 Å². The molecule has 1 saturated heterocycles. The Hall–Kier alpha value is -2.06. The van der Waals surface area contributed by atoms with E-state index in [0.29, 0.717) is 5.56 Å². The Bertz CT molecular complexity index is 585. The highest BCUT2D eigenvalue weighted by atomic mass is 19.4. The second-order valence-electron chi connectivity index (χ2n) is 5.78. The first-order chi connectivity index (χ1) is 10.7. The highest BCUT2D eigenvalue weighted by Crippen LogP contribution is 2.32. The smallest absolute Gasteiger partial charge is 0.352 e. The Morgan fingerprint density at radius 2 is 2.09 bits per heavy atom. The normalized spacial score (nSPS) is 22.0. The molecule has 2 amide bonds. The number of hydrogen-bond donors (Lipinski definition) is 1. The Labute approximate surface area is 131 Å². The number of carbonyl (C=O) groups is 2. The van der Waals surface area contributed by atoms with E-state index in [9.17, 15) is 22.8 Å². The van der Waals surface area contributed by atoms with Crippen molar-refractivity contribution in [3.63, 3.8) is 0 Å². The van der Waals surface area contributed by atoms with E-state index in [-0.39, 0.29) is 31.7 Å². The number of nitrogens with zero attached hydrogens (tertiary/aromatic N) is 3. The summed E-state index contributed by atoms with van der Waals surface area (Å²) in [5.41, 5.74) is 0.556. The van der Waals surface area contributed by atoms with Crippen LogP contribution in [-0.2, 0) is 23.1 Å². The number of hydrogen-bond acceptors (Lipinski definition) is 3. The van der Waals surface area contributed by atoms with Gasteiger partial charge in [-0.05, 0) is 18.4 Å². The molecule has 0 aromatic carbocycles. The van der Waals surface area contributed by atoms with Crippen molar-refractivity contribution < 1.29 is 22.8 Å². The summed E-state index contributed by atoms with van der Waals surface area (Å²) in [5, 5.41) is 6.49. The van der Waals surface area contributed by atoms with Crippen molar-refractivity contribution in [3.8, 4) is 0 Å². The first kappa shape index (κ1) is 17.3. The van der Waals surface area contributed by atoms with Crippen molar-refractivity contribution >= 4 is 11.8 Å². The molecule has 1 aromatic heterocycles. The van der Waals surface area contributed by atoms with Gasteiger partial charge in [-0.1, -0.05) is 0 Å². The molecule has 2 rings (SSSR count). The molecule has 0 aliphatic carbocycles. The van der Waals surface area contributed by atoms with E-state index in [0.717, 1.165) is 4.90 Å². The number of rotatable bonds is 3. The summed E-state index contributed by atoms with van der Waals surface area (Å²) in [6.45, 7) is 1.17. The van der Waals surface area contributed by atoms with Crippen LogP contribution >= 0.6 is 0 Å². The number of aromatic nitrogens is 2. The zero-order chi connectivity index (χ0) is 17.2. The van der Waals surface area contributed by atoms with E-state index in [1.165, 1.54) is 17.8 Å². The molecule has 0 unspecified atom stereocenters. The summed E-state index contributed by atoms with van der Waals surface area (Å²) < 4.78 is 41.0. The van der Waals surface area contributed by atoms with Gasteiger partial charge in [0, 0.05) is 32.8 Å². The number of piperidine rings is 1. The van der Waals surface area contributed by atoms with Crippen LogP contribution in [0, 0.1) is 0 Å². The van der Waals surface area contributed by atoms with Crippen LogP contribution in [0.1, 0.15) is 25.3 Å². The molecule has 0 saturated carbocycles. The van der Waals surface area contributed by atoms with Crippen LogP contribution in [0.5, 0.6) is 0 Å². The van der Waals surface area contributed by atoms with Gasteiger partial charge in [0.25, 0.3) is 0 Å². The molecule has 1 aliphatic rings. The van der Waals surface area contributed by atoms with Crippen molar-refractivity contribution in [1.82, 2.24) is 20.0 Å². The molecule has 128 valence electrons. The first-order valence-corrected chi connectivity index (χ1v) is 7.27. The van der Waals surface area contributed by atoms with E-state index in [2.05, 4.69) is 10.4 Å². The molecule has 0 spiro atoms. The zero-order valence-corrected chi connectivity index (χ0v) is 12.9. The summed E-state index contributed by atoms with van der Waals surface area (Å²) in [5.74, 6) is -0.935. The number of aryl methyl sites for hydroxylation is 1. The van der Waals surface area contributed by atoms with Gasteiger partial charge in [-0.2, -0.15) is 18.3 Å². The molecule has 6 nitrogen and oxygen atoms in total. The van der Waals surface area contributed by atoms with Gasteiger partial charge >= 0.3 is 6.18 Å². The molecule has 2 atom stereocenters. The number of likely N-dealkylation sites (tertiary alicyclic amines) is 1. The molecule has 2 heterocycles. The lowest BCUT2D eigenvalue weighted by molar-refractivity contribution is -0.197. The van der Waals surface area contributed by atoms with Gasteiger partial charge in [0.1, 0.15) is 6.04 Å². The monoisotopic (exact) mass is 332 g/mol. The second-order valence-corrected chi connectivity index (χ2v) is 5.78. The van der Waals surface area contributed by atoms with Crippen LogP contribution in [0.2, 0.25) is 0 Å². The summed E-state index contributed by atoms with van der Waals surface area (Å²) in [6.07, 6.45) is -1.60. The lowest BCUT2D eigenvalue weighted by Crippen LogP contribution is -2.58. The number of nitrogens with one attached hydrogen (secondary N) is 1. The number of alkyl halides is 3. The fourth-order valence-corrected chi connectivity index (χ4v) is 2.83. The van der Waals surface area contributed by atoms with Gasteiger partial charge in [-0.3, -0.25) is 14.3 Å². The van der Waals surface area contributed by atoms with E-state index >= 15 is 0 Å². The Morgan fingerprint density at radius 1 is 1.39 bits per heavy atom. The Kier molecular flexibility index (Phi) is 4.96. The average molecular weight is 332 g/mol. The fraction of sp³-hybridized carbons (Fsp3) is 0.643. The third-order valence-corrected chi connectivity index (χ3v) is 3.80. The third-order valence-electron chi connectivity index (χ3n) is 3.80. The largest absolute Gasteiger partial charge is 0.408 e. The van der Waals surface area contributed by atoms with Gasteiger partial charge in [0.15, 0.2) is 0 Å². The first-order valence-electron chi connectivity index (χ1n) is 7.27. The van der Waals surface area contributed by atoms with Crippen molar-refractivity contribution in [2.24, 2.45) is 7.05 Å². The Morgan fingerprint density at radius 3 is 2.61 bits per heavy atom. The minimum atomic E-state index is -4.48. The Balaban J connectivity index is 2.13. The summed E-state index contributed by atoms with van der Waals surface area (Å²) in [6, 6.07) is -2.26. The summed E-state index contributed by atoms with van der Waals surface area (Å²) in [7, 11) is 1.67. The van der Waals surface area contributed by atoms with Crippen molar-refractivity contribution in [1.29, 1.82) is 0 Å². The predicted molar refractivity (Wildman–Crippen MR) is 75.3 cm³/mol. The van der Waals surface area contributed by atoms with Crippen molar-refractivity contribution in [2.45, 2.75) is 44.4 Å². The van der Waals surface area contributed by atoms with Crippen LogP contribution in [0.4, 0.5) is 13.2 Å². The number of halogens is 3. The van der Waals surface area contributed by atoms with Crippen LogP contribution in [-0.4, -0.2) is 51.3 Å². The second kappa shape index (κ2) is 6.59. The SMILES string of the molecule is CC(=O)N[C@@H]1CC[C@H](C(F)(F)F)N(C(=O)Cc2cnn(C)c2)C1. The lowest BCUT2D eigenvalue weighted by atomic mass is 9.96. The van der Waals surface area contributed by atoms with E-state index < -0.39 is 24.2 Å². The number of amides is 2. The van der Waals surface area contributed by atoms with Gasteiger partial charge in [0.2, 0.25) is 11.8 Å². The van der Waals surface area contributed by atoms with Gasteiger partial charge in [-0.15, -0.1) is 0 Å². The maximum absolute atomic E-state index is 13.2. The van der Waals surface area contributed by atoms with Crippen molar-refractivity contribution in [3.05, 3.63) is 18.0 Å². The van der Waals surface area contributed by atoms with Crippen LogP contribution in [0.25, 0.3) is 0 Å². The molecule has 1 aromatic rings. The molecule has 9 heteroatoms. The minimum Gasteiger partial charge on any atom is -0.352 e. The van der Waals surface area contributed by atoms with Gasteiger partial charge in [-0.25, -0.2) is 0 Å². The summed E-state index contributed by atoms with van der Waals surface area (Å²) in [4.78, 5) is 24.3. The molecule has 0 radical (unpaired) electrons. The van der Waals surface area contributed by atoms with E-state index in [1.54, 1.807) is 13.2 Å².